The van der Waals surface area contributed by atoms with Gasteiger partial charge >= 0.3 is 0 Å². The van der Waals surface area contributed by atoms with Crippen molar-refractivity contribution in [2.45, 2.75) is 20.8 Å². The molecule has 112 valence electrons. The molecule has 0 fully saturated rings. The van der Waals surface area contributed by atoms with E-state index >= 15 is 0 Å². The Morgan fingerprint density at radius 3 is 2.60 bits per heavy atom. The topological polar surface area (TPSA) is 78.4 Å². The Bertz CT molecular complexity index is 455. The van der Waals surface area contributed by atoms with Crippen LogP contribution < -0.4 is 16.0 Å². The standard InChI is InChI=1S/C13H23N5OS/c1-9(2)7-17-13(14-4)16-6-5-15-12(19)11-10(3)18-8-20-11/h8-9H,5-7H2,1-4H3,(H,15,19)(H2,14,16,17). The molecule has 6 nitrogen and oxygen atoms in total. The second kappa shape index (κ2) is 8.52. The molecule has 20 heavy (non-hydrogen) atoms. The van der Waals surface area contributed by atoms with Crippen molar-refractivity contribution >= 4 is 23.2 Å². The van der Waals surface area contributed by atoms with E-state index in [1.54, 1.807) is 12.6 Å². The number of rotatable bonds is 6. The average molecular weight is 297 g/mol. The van der Waals surface area contributed by atoms with Crippen LogP contribution in [0.2, 0.25) is 0 Å². The van der Waals surface area contributed by atoms with Gasteiger partial charge in [0.2, 0.25) is 0 Å². The number of carbonyl (C=O) groups is 1. The summed E-state index contributed by atoms with van der Waals surface area (Å²) in [6.45, 7) is 8.14. The van der Waals surface area contributed by atoms with Crippen molar-refractivity contribution in [1.29, 1.82) is 0 Å². The Morgan fingerprint density at radius 2 is 2.05 bits per heavy atom. The van der Waals surface area contributed by atoms with Crippen LogP contribution in [0.4, 0.5) is 0 Å². The predicted molar refractivity (Wildman–Crippen MR) is 83.4 cm³/mol. The Morgan fingerprint density at radius 1 is 1.35 bits per heavy atom. The molecule has 0 bridgehead atoms. The molecule has 0 spiro atoms. The first-order valence-electron chi connectivity index (χ1n) is 6.67. The fraction of sp³-hybridized carbons (Fsp3) is 0.615. The van der Waals surface area contributed by atoms with Gasteiger partial charge in [-0.3, -0.25) is 9.79 Å². The Kier molecular flexibility index (Phi) is 7.00. The number of amides is 1. The summed E-state index contributed by atoms with van der Waals surface area (Å²) in [4.78, 5) is 20.7. The van der Waals surface area contributed by atoms with Gasteiger partial charge in [-0.2, -0.15) is 0 Å². The number of thiazole rings is 1. The number of aliphatic imine (C=N–C) groups is 1. The number of hydrogen-bond donors (Lipinski definition) is 3. The molecule has 0 aliphatic rings. The number of aromatic nitrogens is 1. The first kappa shape index (κ1) is 16.4. The largest absolute Gasteiger partial charge is 0.356 e. The fourth-order valence-corrected chi connectivity index (χ4v) is 2.20. The summed E-state index contributed by atoms with van der Waals surface area (Å²) in [5, 5.41) is 9.22. The van der Waals surface area contributed by atoms with Gasteiger partial charge < -0.3 is 16.0 Å². The SMILES string of the molecule is CN=C(NCCNC(=O)c1scnc1C)NCC(C)C. The van der Waals surface area contributed by atoms with E-state index in [4.69, 9.17) is 0 Å². The lowest BCUT2D eigenvalue weighted by Gasteiger charge is -2.13. The third-order valence-electron chi connectivity index (χ3n) is 2.56. The number of guanidine groups is 1. The van der Waals surface area contributed by atoms with Crippen molar-refractivity contribution in [3.8, 4) is 0 Å². The van der Waals surface area contributed by atoms with Gasteiger partial charge in [-0.15, -0.1) is 11.3 Å². The molecule has 1 amide bonds. The van der Waals surface area contributed by atoms with Crippen molar-refractivity contribution in [2.24, 2.45) is 10.9 Å². The maximum absolute atomic E-state index is 11.8. The minimum atomic E-state index is -0.0723. The van der Waals surface area contributed by atoms with Crippen molar-refractivity contribution in [3.63, 3.8) is 0 Å². The minimum Gasteiger partial charge on any atom is -0.356 e. The molecule has 7 heteroatoms. The zero-order chi connectivity index (χ0) is 15.0. The molecule has 0 radical (unpaired) electrons. The second-order valence-electron chi connectivity index (χ2n) is 4.80. The lowest BCUT2D eigenvalue weighted by atomic mass is 10.2. The molecule has 0 saturated heterocycles. The maximum atomic E-state index is 11.8. The van der Waals surface area contributed by atoms with Crippen LogP contribution in [0.1, 0.15) is 29.2 Å². The van der Waals surface area contributed by atoms with E-state index in [1.165, 1.54) is 11.3 Å². The van der Waals surface area contributed by atoms with Gasteiger partial charge in [0.1, 0.15) is 4.88 Å². The monoisotopic (exact) mass is 297 g/mol. The van der Waals surface area contributed by atoms with Gasteiger partial charge in [0.15, 0.2) is 5.96 Å². The van der Waals surface area contributed by atoms with E-state index in [-0.39, 0.29) is 5.91 Å². The zero-order valence-electron chi connectivity index (χ0n) is 12.5. The third-order valence-corrected chi connectivity index (χ3v) is 3.48. The van der Waals surface area contributed by atoms with Crippen LogP contribution in [-0.4, -0.2) is 43.5 Å². The van der Waals surface area contributed by atoms with Crippen LogP contribution in [0.15, 0.2) is 10.5 Å². The Hall–Kier alpha value is -1.63. The minimum absolute atomic E-state index is 0.0723. The van der Waals surface area contributed by atoms with E-state index in [2.05, 4.69) is 39.8 Å². The molecule has 1 heterocycles. The van der Waals surface area contributed by atoms with Gasteiger partial charge in [-0.1, -0.05) is 13.8 Å². The smallest absolute Gasteiger partial charge is 0.263 e. The molecule has 0 unspecified atom stereocenters. The summed E-state index contributed by atoms with van der Waals surface area (Å²) >= 11 is 1.36. The van der Waals surface area contributed by atoms with Gasteiger partial charge in [-0.25, -0.2) is 4.98 Å². The number of nitrogens with zero attached hydrogens (tertiary/aromatic N) is 2. The molecule has 0 aromatic carbocycles. The van der Waals surface area contributed by atoms with Gasteiger partial charge in [-0.05, 0) is 12.8 Å². The lowest BCUT2D eigenvalue weighted by Crippen LogP contribution is -2.42. The summed E-state index contributed by atoms with van der Waals surface area (Å²) in [6, 6.07) is 0. The van der Waals surface area contributed by atoms with Crippen LogP contribution in [0.5, 0.6) is 0 Å². The number of carbonyl (C=O) groups excluding carboxylic acids is 1. The van der Waals surface area contributed by atoms with Crippen LogP contribution in [0.3, 0.4) is 0 Å². The summed E-state index contributed by atoms with van der Waals surface area (Å²) in [5.41, 5.74) is 2.45. The molecule has 0 aliphatic heterocycles. The number of aryl methyl sites for hydroxylation is 1. The van der Waals surface area contributed by atoms with Crippen LogP contribution in [0, 0.1) is 12.8 Å². The zero-order valence-corrected chi connectivity index (χ0v) is 13.3. The quantitative estimate of drug-likeness (QED) is 0.416. The summed E-state index contributed by atoms with van der Waals surface area (Å²) in [7, 11) is 1.73. The predicted octanol–water partition coefficient (Wildman–Crippen LogP) is 1.00. The molecule has 0 aliphatic carbocycles. The molecule has 1 rings (SSSR count). The lowest BCUT2D eigenvalue weighted by molar-refractivity contribution is 0.0957. The highest BCUT2D eigenvalue weighted by Crippen LogP contribution is 2.10. The van der Waals surface area contributed by atoms with Gasteiger partial charge in [0.25, 0.3) is 5.91 Å². The van der Waals surface area contributed by atoms with Crippen molar-refractivity contribution in [2.75, 3.05) is 26.7 Å². The van der Waals surface area contributed by atoms with Crippen LogP contribution >= 0.6 is 11.3 Å². The molecule has 0 atom stereocenters. The fourth-order valence-electron chi connectivity index (χ4n) is 1.48. The van der Waals surface area contributed by atoms with Crippen LogP contribution in [-0.2, 0) is 0 Å². The highest BCUT2D eigenvalue weighted by Gasteiger charge is 2.10. The first-order chi connectivity index (χ1) is 9.54. The third kappa shape index (κ3) is 5.56. The molecular weight excluding hydrogens is 274 g/mol. The van der Waals surface area contributed by atoms with E-state index in [0.29, 0.717) is 23.9 Å². The first-order valence-corrected chi connectivity index (χ1v) is 7.55. The van der Waals surface area contributed by atoms with Crippen molar-refractivity contribution in [3.05, 3.63) is 16.1 Å². The molecule has 3 N–H and O–H groups in total. The Labute approximate surface area is 124 Å². The molecule has 1 aromatic rings. The van der Waals surface area contributed by atoms with Crippen molar-refractivity contribution in [1.82, 2.24) is 20.9 Å². The summed E-state index contributed by atoms with van der Waals surface area (Å²) < 4.78 is 0. The average Bonchev–Trinajstić information content (AvgIpc) is 2.83. The van der Waals surface area contributed by atoms with E-state index in [1.807, 2.05) is 6.92 Å². The Balaban J connectivity index is 2.24. The summed E-state index contributed by atoms with van der Waals surface area (Å²) in [6.07, 6.45) is 0. The number of nitrogens with one attached hydrogen (secondary N) is 3. The summed E-state index contributed by atoms with van der Waals surface area (Å²) in [5.74, 6) is 1.24. The molecular formula is C13H23N5OS. The molecule has 0 saturated carbocycles. The maximum Gasteiger partial charge on any atom is 0.263 e. The number of hydrogen-bond acceptors (Lipinski definition) is 4. The van der Waals surface area contributed by atoms with Gasteiger partial charge in [0.05, 0.1) is 11.2 Å². The van der Waals surface area contributed by atoms with E-state index in [0.717, 1.165) is 18.2 Å². The molecule has 1 aromatic heterocycles. The highest BCUT2D eigenvalue weighted by atomic mass is 32.1. The van der Waals surface area contributed by atoms with Gasteiger partial charge in [0, 0.05) is 26.7 Å². The van der Waals surface area contributed by atoms with E-state index in [9.17, 15) is 4.79 Å². The van der Waals surface area contributed by atoms with E-state index < -0.39 is 0 Å². The second-order valence-corrected chi connectivity index (χ2v) is 5.65. The highest BCUT2D eigenvalue weighted by molar-refractivity contribution is 7.11. The van der Waals surface area contributed by atoms with Crippen molar-refractivity contribution < 1.29 is 4.79 Å². The normalized spacial score (nSPS) is 11.6. The van der Waals surface area contributed by atoms with Crippen LogP contribution in [0.25, 0.3) is 0 Å².